The number of carboxylic acids is 2. The third kappa shape index (κ3) is 22.9. The van der Waals surface area contributed by atoms with Crippen LogP contribution in [0.3, 0.4) is 0 Å². The Morgan fingerprint density at radius 2 is 1.06 bits per heavy atom. The second-order valence-corrected chi connectivity index (χ2v) is 20.8. The Morgan fingerprint density at radius 3 is 1.62 bits per heavy atom. The number of hydrogen-bond donors (Lipinski definition) is 15. The summed E-state index contributed by atoms with van der Waals surface area (Å²) in [7, 11) is 0. The molecule has 0 saturated carbocycles. The van der Waals surface area contributed by atoms with Crippen molar-refractivity contribution < 1.29 is 68.1 Å². The molecule has 15 N–H and O–H groups in total. The summed E-state index contributed by atoms with van der Waals surface area (Å²) in [4.78, 5) is 149. The zero-order valence-corrected chi connectivity index (χ0v) is 46.5. The fourth-order valence-electron chi connectivity index (χ4n) is 8.04. The number of carbonyl (C=O) groups is 11. The van der Waals surface area contributed by atoms with Crippen molar-refractivity contribution in [2.75, 3.05) is 37.5 Å². The van der Waals surface area contributed by atoms with Gasteiger partial charge >= 0.3 is 11.9 Å². The summed E-state index contributed by atoms with van der Waals surface area (Å²) >= 11 is 5.28. The Labute approximate surface area is 467 Å². The number of aliphatic carboxylic acids is 2. The van der Waals surface area contributed by atoms with Crippen molar-refractivity contribution in [3.8, 4) is 0 Å². The number of para-hydroxylation sites is 1. The summed E-state index contributed by atoms with van der Waals surface area (Å²) in [6.45, 7) is 5.12. The zero-order valence-electron chi connectivity index (χ0n) is 44.8. The molecule has 0 saturated heterocycles. The molecule has 8 atom stereocenters. The lowest BCUT2D eigenvalue weighted by Gasteiger charge is -2.27. The highest BCUT2D eigenvalue weighted by Gasteiger charge is 2.35. The number of aliphatic hydroxyl groups is 1. The molecule has 2 aromatic carbocycles. The van der Waals surface area contributed by atoms with Crippen molar-refractivity contribution >= 4 is 100 Å². The van der Waals surface area contributed by atoms with E-state index in [1.165, 1.54) is 11.8 Å². The first kappa shape index (κ1) is 66.1. The number of aliphatic hydroxyl groups excluding tert-OH is 1. The van der Waals surface area contributed by atoms with E-state index in [1.807, 2.05) is 0 Å². The van der Waals surface area contributed by atoms with Gasteiger partial charge < -0.3 is 73.9 Å². The van der Waals surface area contributed by atoms with E-state index in [2.05, 4.69) is 65.5 Å². The van der Waals surface area contributed by atoms with Gasteiger partial charge in [-0.2, -0.15) is 24.4 Å². The van der Waals surface area contributed by atoms with Gasteiger partial charge in [-0.25, -0.2) is 4.79 Å². The number of carbonyl (C=O) groups excluding carboxylic acids is 9. The number of thiol groups is 1. The normalized spacial score (nSPS) is 14.2. The van der Waals surface area contributed by atoms with Crippen LogP contribution in [0.5, 0.6) is 0 Å². The van der Waals surface area contributed by atoms with Crippen LogP contribution in [0, 0.1) is 11.8 Å². The lowest BCUT2D eigenvalue weighted by atomic mass is 10.0. The fourth-order valence-corrected chi connectivity index (χ4v) is 8.76. The summed E-state index contributed by atoms with van der Waals surface area (Å²) in [5.41, 5.74) is 7.46. The maximum Gasteiger partial charge on any atom is 0.327 e. The Kier molecular flexibility index (Phi) is 28.4. The van der Waals surface area contributed by atoms with E-state index >= 15 is 0 Å². The molecule has 1 aromatic heterocycles. The quantitative estimate of drug-likeness (QED) is 0.0302. The summed E-state index contributed by atoms with van der Waals surface area (Å²) in [5.74, 6) is -10.7. The number of aromatic nitrogens is 1. The van der Waals surface area contributed by atoms with Crippen molar-refractivity contribution in [3.63, 3.8) is 0 Å². The van der Waals surface area contributed by atoms with E-state index in [1.54, 1.807) is 94.7 Å². The fraction of sp³-hybridized carbons (Fsp3) is 0.519. The van der Waals surface area contributed by atoms with Crippen LogP contribution in [0.2, 0.25) is 0 Å². The topological polar surface area (TPSA) is 399 Å². The first-order chi connectivity index (χ1) is 37.5. The number of amides is 9. The van der Waals surface area contributed by atoms with Crippen LogP contribution in [0.1, 0.15) is 70.9 Å². The SMILES string of the molecule is CSCC[C@H](NC(=O)[C@H](Cc1c[nH]c2ccccc12)NC(=O)[C@H](CC(C)C)NC(=O)CNC(=O)[C@H](CC(C)C)NC(=O)[C@H](CO)NC(=O)[C@H](Cc1ccccc1)NC(=O)CN)C(=O)N[C@@H](CCC(=O)O)C(=O)N[C@@H](CS)C(=O)O. The van der Waals surface area contributed by atoms with E-state index in [-0.39, 0.29) is 49.7 Å². The van der Waals surface area contributed by atoms with Crippen LogP contribution < -0.4 is 53.6 Å². The van der Waals surface area contributed by atoms with Crippen molar-refractivity contribution in [1.29, 1.82) is 0 Å². The van der Waals surface area contributed by atoms with Crippen LogP contribution in [0.4, 0.5) is 0 Å². The molecular formula is C52H75N11O14S2. The smallest absolute Gasteiger partial charge is 0.327 e. The lowest BCUT2D eigenvalue weighted by Crippen LogP contribution is -2.60. The minimum atomic E-state index is -1.57. The predicted molar refractivity (Wildman–Crippen MR) is 297 cm³/mol. The van der Waals surface area contributed by atoms with Crippen LogP contribution in [-0.2, 0) is 65.6 Å². The van der Waals surface area contributed by atoms with Gasteiger partial charge in [0.25, 0.3) is 0 Å². The number of benzene rings is 2. The molecule has 3 rings (SSSR count). The molecule has 1 heterocycles. The summed E-state index contributed by atoms with van der Waals surface area (Å²) in [6.07, 6.45) is 2.37. The molecule has 25 nitrogen and oxygen atoms in total. The molecule has 27 heteroatoms. The van der Waals surface area contributed by atoms with Crippen LogP contribution in [0.25, 0.3) is 10.9 Å². The Balaban J connectivity index is 1.83. The molecule has 0 aliphatic heterocycles. The highest BCUT2D eigenvalue weighted by Crippen LogP contribution is 2.20. The van der Waals surface area contributed by atoms with E-state index in [4.69, 9.17) is 5.73 Å². The molecule has 9 amide bonds. The van der Waals surface area contributed by atoms with E-state index < -0.39 is 146 Å². The average molecular weight is 1140 g/mol. The summed E-state index contributed by atoms with van der Waals surface area (Å²) in [6, 6.07) is 4.78. The molecule has 3 aromatic rings. The van der Waals surface area contributed by atoms with Gasteiger partial charge in [-0.1, -0.05) is 76.2 Å². The van der Waals surface area contributed by atoms with Crippen molar-refractivity contribution in [3.05, 3.63) is 71.9 Å². The number of nitrogens with two attached hydrogens (primary N) is 1. The standard InChI is InChI=1S/C52H75N11O14S2/c1-28(2)19-36(60-51(75)40(26-64)62-49(73)38(56-42(65)23-53)21-30-11-7-6-8-12-30)45(69)55-25-43(66)57-37(20-29(3)4)48(72)61-39(22-31-24-54-33-14-10-9-13-32(31)33)50(74)59-35(17-18-79-5)47(71)58-34(15-16-44(67)68)46(70)63-41(27-78)52(76)77/h6-14,24,28-29,34-41,54,64,78H,15-23,25-27,53H2,1-5H3,(H,55,69)(H,56,65)(H,57,66)(H,58,71)(H,59,74)(H,60,75)(H,61,72)(H,62,73)(H,63,70)(H,67,68)(H,76,77)/t34-,35-,36-,37-,38-,39-,40-,41-/m0/s1. The third-order valence-corrected chi connectivity index (χ3v) is 13.1. The Hall–Kier alpha value is -7.23. The maximum absolute atomic E-state index is 14.5. The van der Waals surface area contributed by atoms with Gasteiger partial charge in [0, 0.05) is 42.1 Å². The van der Waals surface area contributed by atoms with Gasteiger partial charge in [0.2, 0.25) is 53.2 Å². The molecule has 0 fully saturated rings. The average Bonchev–Trinajstić information content (AvgIpc) is 3.84. The highest BCUT2D eigenvalue weighted by atomic mass is 32.2. The number of rotatable bonds is 35. The molecule has 0 aliphatic carbocycles. The first-order valence-corrected chi connectivity index (χ1v) is 27.7. The largest absolute Gasteiger partial charge is 0.481 e. The number of carboxylic acid groups (broad SMARTS) is 2. The predicted octanol–water partition coefficient (Wildman–Crippen LogP) is -1.38. The number of fused-ring (bicyclic) bond motifs is 1. The van der Waals surface area contributed by atoms with Crippen LogP contribution >= 0.6 is 24.4 Å². The zero-order chi connectivity index (χ0) is 58.8. The Morgan fingerprint density at radius 1 is 0.582 bits per heavy atom. The summed E-state index contributed by atoms with van der Waals surface area (Å²) in [5, 5.41) is 52.4. The van der Waals surface area contributed by atoms with Gasteiger partial charge in [-0.3, -0.25) is 47.9 Å². The maximum atomic E-state index is 14.5. The molecule has 79 heavy (non-hydrogen) atoms. The number of hydrogen-bond acceptors (Lipinski definition) is 15. The molecule has 434 valence electrons. The monoisotopic (exact) mass is 1140 g/mol. The molecular weight excluding hydrogens is 1070 g/mol. The van der Waals surface area contributed by atoms with E-state index in [0.717, 1.165) is 0 Å². The minimum absolute atomic E-state index is 0.00167. The van der Waals surface area contributed by atoms with Crippen LogP contribution in [0.15, 0.2) is 60.8 Å². The highest BCUT2D eigenvalue weighted by molar-refractivity contribution is 7.98. The van der Waals surface area contributed by atoms with E-state index in [9.17, 15) is 68.1 Å². The minimum Gasteiger partial charge on any atom is -0.481 e. The van der Waals surface area contributed by atoms with Gasteiger partial charge in [0.05, 0.1) is 19.7 Å². The molecule has 0 aliphatic rings. The number of thioether (sulfide) groups is 1. The number of nitrogens with one attached hydrogen (secondary N) is 10. The van der Waals surface area contributed by atoms with Crippen molar-refractivity contribution in [1.82, 2.24) is 52.8 Å². The number of aromatic amines is 1. The summed E-state index contributed by atoms with van der Waals surface area (Å²) < 4.78 is 0. The van der Waals surface area contributed by atoms with Crippen molar-refractivity contribution in [2.45, 2.75) is 121 Å². The molecule has 0 bridgehead atoms. The second-order valence-electron chi connectivity index (χ2n) is 19.5. The van der Waals surface area contributed by atoms with Gasteiger partial charge in [0.15, 0.2) is 0 Å². The van der Waals surface area contributed by atoms with Crippen molar-refractivity contribution in [2.24, 2.45) is 17.6 Å². The molecule has 0 radical (unpaired) electrons. The van der Waals surface area contributed by atoms with Gasteiger partial charge in [-0.05, 0) is 66.7 Å². The first-order valence-electron chi connectivity index (χ1n) is 25.6. The second kappa shape index (κ2) is 33.9. The van der Waals surface area contributed by atoms with Gasteiger partial charge in [0.1, 0.15) is 48.3 Å². The third-order valence-electron chi connectivity index (χ3n) is 12.1. The Bertz CT molecular complexity index is 2570. The lowest BCUT2D eigenvalue weighted by molar-refractivity contribution is -0.142. The van der Waals surface area contributed by atoms with Gasteiger partial charge in [-0.15, -0.1) is 0 Å². The van der Waals surface area contributed by atoms with E-state index in [0.29, 0.717) is 27.8 Å². The molecule has 0 spiro atoms. The molecule has 0 unspecified atom stereocenters. The van der Waals surface area contributed by atoms with Crippen LogP contribution in [-0.4, -0.2) is 171 Å². The number of H-pyrrole nitrogens is 1.